The second-order valence-corrected chi connectivity index (χ2v) is 7.08. The molecule has 0 amide bonds. The summed E-state index contributed by atoms with van der Waals surface area (Å²) in [6.07, 6.45) is 0.151. The van der Waals surface area contributed by atoms with Gasteiger partial charge in [-0.3, -0.25) is 19.7 Å². The minimum Gasteiger partial charge on any atom is -0.387 e. The minimum atomic E-state index is -1.21. The Balaban J connectivity index is 1.30. The van der Waals surface area contributed by atoms with E-state index in [0.29, 0.717) is 16.8 Å². The van der Waals surface area contributed by atoms with E-state index in [-0.39, 0.29) is 30.5 Å². The third-order valence-corrected chi connectivity index (χ3v) is 5.12. The van der Waals surface area contributed by atoms with Crippen molar-refractivity contribution in [3.8, 4) is 0 Å². The number of aliphatic hydroxyl groups excluding tert-OH is 2. The molecule has 15 heteroatoms. The van der Waals surface area contributed by atoms with Crippen molar-refractivity contribution in [3.63, 3.8) is 0 Å². The Morgan fingerprint density at radius 1 is 1.10 bits per heavy atom. The lowest BCUT2D eigenvalue weighted by Crippen LogP contribution is -2.38. The lowest BCUT2D eigenvalue weighted by molar-refractivity contribution is -0.0345. The maximum absolute atomic E-state index is 11.9. The molecule has 0 radical (unpaired) electrons. The first kappa shape index (κ1) is 19.3. The molecule has 5 heterocycles. The number of ether oxygens (including phenoxy) is 1. The molecular weight excluding hydrogens is 410 g/mol. The Kier molecular flexibility index (Phi) is 4.51. The smallest absolute Gasteiger partial charge is 0.280 e. The summed E-state index contributed by atoms with van der Waals surface area (Å²) in [6, 6.07) is 0. The molecule has 4 aromatic rings. The molecule has 0 spiro atoms. The zero-order valence-corrected chi connectivity index (χ0v) is 16.0. The number of aromatic amines is 1. The van der Waals surface area contributed by atoms with Crippen LogP contribution in [0.5, 0.6) is 0 Å². The summed E-state index contributed by atoms with van der Waals surface area (Å²) in [5.41, 5.74) is 12.2. The summed E-state index contributed by atoms with van der Waals surface area (Å²) < 4.78 is 8.97. The van der Waals surface area contributed by atoms with Crippen LogP contribution in [0.25, 0.3) is 22.3 Å². The van der Waals surface area contributed by atoms with Gasteiger partial charge in [-0.1, -0.05) is 0 Å². The highest BCUT2D eigenvalue weighted by molar-refractivity contribution is 5.81. The van der Waals surface area contributed by atoms with Crippen LogP contribution in [-0.2, 0) is 11.4 Å². The highest BCUT2D eigenvalue weighted by Crippen LogP contribution is 2.31. The van der Waals surface area contributed by atoms with Crippen molar-refractivity contribution in [2.45, 2.75) is 31.2 Å². The van der Waals surface area contributed by atoms with E-state index < -0.39 is 30.1 Å². The summed E-state index contributed by atoms with van der Waals surface area (Å²) in [4.78, 5) is 34.5. The van der Waals surface area contributed by atoms with Gasteiger partial charge in [0, 0.05) is 6.54 Å². The molecule has 4 unspecified atom stereocenters. The van der Waals surface area contributed by atoms with Gasteiger partial charge in [0.05, 0.1) is 19.3 Å². The van der Waals surface area contributed by atoms with Gasteiger partial charge in [0.1, 0.15) is 30.2 Å². The normalized spacial score (nSPS) is 23.8. The zero-order valence-electron chi connectivity index (χ0n) is 16.0. The first-order valence-corrected chi connectivity index (χ1v) is 9.30. The van der Waals surface area contributed by atoms with E-state index in [2.05, 4.69) is 35.2 Å². The number of nitrogens with one attached hydrogen (secondary N) is 2. The lowest BCUT2D eigenvalue weighted by Gasteiger charge is -2.16. The van der Waals surface area contributed by atoms with Gasteiger partial charge in [-0.15, -0.1) is 0 Å². The van der Waals surface area contributed by atoms with E-state index in [1.54, 1.807) is 4.57 Å². The van der Waals surface area contributed by atoms with E-state index >= 15 is 0 Å². The quantitative estimate of drug-likeness (QED) is 0.191. The van der Waals surface area contributed by atoms with E-state index in [4.69, 9.17) is 16.2 Å². The highest BCUT2D eigenvalue weighted by atomic mass is 16.6. The van der Waals surface area contributed by atoms with Crippen LogP contribution in [0.1, 0.15) is 6.23 Å². The fourth-order valence-electron chi connectivity index (χ4n) is 3.60. The number of hydrogen-bond acceptors (Lipinski definition) is 12. The molecule has 8 N–H and O–H groups in total. The molecule has 162 valence electrons. The van der Waals surface area contributed by atoms with Crippen LogP contribution in [0.15, 0.2) is 23.8 Å². The lowest BCUT2D eigenvalue weighted by atomic mass is 10.1. The number of H-pyrrole nitrogens is 1. The van der Waals surface area contributed by atoms with Gasteiger partial charge in [-0.2, -0.15) is 4.98 Å². The highest BCUT2D eigenvalue weighted by Gasteiger charge is 2.44. The van der Waals surface area contributed by atoms with Crippen molar-refractivity contribution in [1.29, 1.82) is 0 Å². The Bertz CT molecular complexity index is 1310. The first-order valence-electron chi connectivity index (χ1n) is 9.30. The van der Waals surface area contributed by atoms with Gasteiger partial charge >= 0.3 is 0 Å². The minimum absolute atomic E-state index is 0.0169. The first-order chi connectivity index (χ1) is 14.9. The third-order valence-electron chi connectivity index (χ3n) is 5.12. The molecule has 15 nitrogen and oxygen atoms in total. The van der Waals surface area contributed by atoms with Gasteiger partial charge in [-0.05, 0) is 0 Å². The Labute approximate surface area is 172 Å². The second-order valence-electron chi connectivity index (χ2n) is 7.08. The van der Waals surface area contributed by atoms with E-state index in [0.717, 1.165) is 0 Å². The molecule has 4 atom stereocenters. The molecular formula is C16H19N11O4. The predicted octanol–water partition coefficient (Wildman–Crippen LogP) is -2.71. The summed E-state index contributed by atoms with van der Waals surface area (Å²) in [6.45, 7) is 0.411. The van der Waals surface area contributed by atoms with E-state index in [1.165, 1.54) is 23.5 Å². The Morgan fingerprint density at radius 2 is 1.90 bits per heavy atom. The predicted molar refractivity (Wildman–Crippen MR) is 106 cm³/mol. The molecule has 1 aliphatic heterocycles. The zero-order chi connectivity index (χ0) is 21.7. The number of rotatable bonds is 5. The second kappa shape index (κ2) is 7.24. The molecule has 31 heavy (non-hydrogen) atoms. The molecule has 4 aromatic heterocycles. The largest absolute Gasteiger partial charge is 0.387 e. The van der Waals surface area contributed by atoms with Crippen LogP contribution < -0.4 is 22.3 Å². The average Bonchev–Trinajstić information content (AvgIpc) is 3.41. The maximum Gasteiger partial charge on any atom is 0.280 e. The molecule has 5 rings (SSSR count). The Hall–Kier alpha value is -3.66. The fourth-order valence-corrected chi connectivity index (χ4v) is 3.60. The molecule has 1 fully saturated rings. The monoisotopic (exact) mass is 429 g/mol. The van der Waals surface area contributed by atoms with Crippen molar-refractivity contribution in [1.82, 2.24) is 44.4 Å². The number of aliphatic hydroxyl groups is 2. The maximum atomic E-state index is 11.9. The molecule has 0 aliphatic carbocycles. The van der Waals surface area contributed by atoms with Gasteiger partial charge in [0.25, 0.3) is 5.56 Å². The van der Waals surface area contributed by atoms with E-state index in [1.807, 2.05) is 0 Å². The standard InChI is InChI=1S/C16H19N11O4/c17-11-7-12(21-2-20-11)27(5-23-7)15-10(29)9(28)6(31-15)1-19-3-26-4-22-8-13(26)24-16(18)25-14(8)30/h2,4-6,9-10,15,19,28-29H,1,3H2,(H2,17,20,21)(H3,18,24,25,30). The molecule has 0 saturated carbocycles. The summed E-state index contributed by atoms with van der Waals surface area (Å²) in [7, 11) is 0. The van der Waals surface area contributed by atoms with Crippen molar-refractivity contribution in [2.24, 2.45) is 0 Å². The summed E-state index contributed by atoms with van der Waals surface area (Å²) >= 11 is 0. The number of fused-ring (bicyclic) bond motifs is 2. The van der Waals surface area contributed by atoms with Gasteiger partial charge in [0.15, 0.2) is 28.9 Å². The fraction of sp³-hybridized carbons (Fsp3) is 0.375. The topological polar surface area (TPSA) is 221 Å². The van der Waals surface area contributed by atoms with Crippen molar-refractivity contribution < 1.29 is 14.9 Å². The summed E-state index contributed by atoms with van der Waals surface area (Å²) in [5, 5.41) is 24.1. The van der Waals surface area contributed by atoms with Gasteiger partial charge in [0.2, 0.25) is 5.95 Å². The Morgan fingerprint density at radius 3 is 2.74 bits per heavy atom. The van der Waals surface area contributed by atoms with Crippen LogP contribution in [0.4, 0.5) is 11.8 Å². The molecule has 0 bridgehead atoms. The molecule has 1 saturated heterocycles. The van der Waals surface area contributed by atoms with Gasteiger partial charge < -0.3 is 31.0 Å². The number of nitrogens with zero attached hydrogens (tertiary/aromatic N) is 7. The van der Waals surface area contributed by atoms with E-state index in [9.17, 15) is 15.0 Å². The number of anilines is 2. The van der Waals surface area contributed by atoms with Crippen LogP contribution in [0.3, 0.4) is 0 Å². The number of hydrogen-bond donors (Lipinski definition) is 6. The summed E-state index contributed by atoms with van der Waals surface area (Å²) in [5.74, 6) is 0.187. The number of aromatic nitrogens is 8. The van der Waals surface area contributed by atoms with Crippen LogP contribution in [0.2, 0.25) is 0 Å². The number of nitrogen functional groups attached to an aromatic ring is 2. The molecule has 1 aliphatic rings. The van der Waals surface area contributed by atoms with Gasteiger partial charge in [-0.25, -0.2) is 19.9 Å². The SMILES string of the molecule is Nc1nc2c(ncn2CNCC2OC(n3cnc4c(N)ncnc43)C(O)C2O)c(=O)[nH]1. The molecule has 0 aromatic carbocycles. The van der Waals surface area contributed by atoms with Crippen LogP contribution in [0, 0.1) is 0 Å². The van der Waals surface area contributed by atoms with Crippen molar-refractivity contribution >= 4 is 34.1 Å². The van der Waals surface area contributed by atoms with Crippen LogP contribution >= 0.6 is 0 Å². The van der Waals surface area contributed by atoms with Crippen molar-refractivity contribution in [2.75, 3.05) is 18.0 Å². The third kappa shape index (κ3) is 3.15. The van der Waals surface area contributed by atoms with Crippen LogP contribution in [-0.4, -0.2) is 74.1 Å². The average molecular weight is 429 g/mol. The number of imidazole rings is 2. The van der Waals surface area contributed by atoms with Crippen molar-refractivity contribution in [3.05, 3.63) is 29.3 Å². The number of nitrogens with two attached hydrogens (primary N) is 2.